The zero-order valence-electron chi connectivity index (χ0n) is 39.4. The first-order valence-electron chi connectivity index (χ1n) is 23.8. The molecule has 0 radical (unpaired) electrons. The minimum Gasteiger partial charge on any atom is -0.308 e. The second-order valence-electron chi connectivity index (χ2n) is 18.8. The third-order valence-electron chi connectivity index (χ3n) is 14.1. The molecule has 0 saturated carbocycles. The van der Waals surface area contributed by atoms with Crippen LogP contribution in [0, 0.1) is 50.4 Å². The van der Waals surface area contributed by atoms with Gasteiger partial charge in [-0.2, -0.15) is 10.5 Å². The molecule has 0 atom stereocenters. The molecule has 2 heterocycles. The lowest BCUT2D eigenvalue weighted by Gasteiger charge is -2.21. The maximum absolute atomic E-state index is 11.2. The average molecular weight is 895 g/mol. The molecule has 4 nitrogen and oxygen atoms in total. The van der Waals surface area contributed by atoms with E-state index in [1.165, 1.54) is 22.3 Å². The molecule has 4 heteroatoms. The largest absolute Gasteiger partial charge is 0.308 e. The van der Waals surface area contributed by atoms with Crippen LogP contribution in [0.1, 0.15) is 33.4 Å². The Bertz CT molecular complexity index is 3690. The fourth-order valence-electron chi connectivity index (χ4n) is 10.3. The molecule has 0 N–H and O–H groups in total. The Morgan fingerprint density at radius 2 is 0.586 bits per heavy atom. The van der Waals surface area contributed by atoms with Crippen LogP contribution in [0.4, 0.5) is 0 Å². The molecule has 0 aliphatic carbocycles. The van der Waals surface area contributed by atoms with Gasteiger partial charge in [-0.25, -0.2) is 0 Å². The second-order valence-corrected chi connectivity index (χ2v) is 18.8. The minimum absolute atomic E-state index is 0.518. The van der Waals surface area contributed by atoms with E-state index in [4.69, 9.17) is 0 Å². The molecule has 0 fully saturated rings. The highest BCUT2D eigenvalue weighted by Gasteiger charge is 2.25. The number of aryl methyl sites for hydroxylation is 4. The fourth-order valence-corrected chi connectivity index (χ4v) is 10.3. The van der Waals surface area contributed by atoms with Gasteiger partial charge < -0.3 is 9.13 Å². The average Bonchev–Trinajstić information content (AvgIpc) is 3.90. The number of fused-ring (bicyclic) bond motifs is 6. The van der Waals surface area contributed by atoms with E-state index in [2.05, 4.69) is 225 Å². The first kappa shape index (κ1) is 42.2. The Morgan fingerprint density at radius 3 is 0.886 bits per heavy atom. The number of hydrogen-bond acceptors (Lipinski definition) is 2. The minimum atomic E-state index is 0.518. The van der Waals surface area contributed by atoms with Crippen molar-refractivity contribution in [1.29, 1.82) is 10.5 Å². The molecule has 0 bridgehead atoms. The van der Waals surface area contributed by atoms with E-state index in [1.54, 1.807) is 0 Å². The van der Waals surface area contributed by atoms with Crippen molar-refractivity contribution in [3.05, 3.63) is 240 Å². The number of nitrogens with zero attached hydrogens (tertiary/aromatic N) is 4. The maximum Gasteiger partial charge on any atom is 0.0993 e. The summed E-state index contributed by atoms with van der Waals surface area (Å²) in [5, 5.41) is 26.1. The van der Waals surface area contributed by atoms with Gasteiger partial charge in [0.15, 0.2) is 0 Å². The summed E-state index contributed by atoms with van der Waals surface area (Å²) < 4.78 is 4.73. The normalized spacial score (nSPS) is 11.4. The molecule has 12 aromatic rings. The predicted octanol–water partition coefficient (Wildman–Crippen LogP) is 17.2. The summed E-state index contributed by atoms with van der Waals surface area (Å²) in [5.74, 6) is 0. The summed E-state index contributed by atoms with van der Waals surface area (Å²) in [5.41, 5.74) is 22.2. The lowest BCUT2D eigenvalue weighted by molar-refractivity contribution is 1.13. The number of hydrogen-bond donors (Lipinski definition) is 0. The smallest absolute Gasteiger partial charge is 0.0993 e. The van der Waals surface area contributed by atoms with Gasteiger partial charge >= 0.3 is 0 Å². The van der Waals surface area contributed by atoms with Gasteiger partial charge in [0.25, 0.3) is 0 Å². The molecule has 0 spiro atoms. The Morgan fingerprint density at radius 1 is 0.286 bits per heavy atom. The van der Waals surface area contributed by atoms with Crippen molar-refractivity contribution >= 4 is 43.6 Å². The van der Waals surface area contributed by atoms with Crippen LogP contribution in [0.5, 0.6) is 0 Å². The van der Waals surface area contributed by atoms with Crippen LogP contribution in [-0.4, -0.2) is 9.13 Å². The number of rotatable bonds is 7. The Balaban J connectivity index is 1.24. The molecule has 0 aliphatic heterocycles. The molecule has 0 amide bonds. The quantitative estimate of drug-likeness (QED) is 0.160. The highest BCUT2D eigenvalue weighted by Crippen LogP contribution is 2.45. The lowest BCUT2D eigenvalue weighted by Crippen LogP contribution is -2.05. The SMILES string of the molecule is Cc1ccc(-c2ccc3c4ccc(-c5ccc(C)cc5)cc4n(-c4cc(C#N)cc(-n5c6cc(-c7ccc(C)cc7)ccc6c6ccc(-c7ccc(C)cc7)cc65)c4-c4cccc(C#N)c4)c3c2)cc1. The third-order valence-corrected chi connectivity index (χ3v) is 14.1. The zero-order chi connectivity index (χ0) is 47.6. The zero-order valence-corrected chi connectivity index (χ0v) is 39.4. The van der Waals surface area contributed by atoms with Crippen molar-refractivity contribution in [3.63, 3.8) is 0 Å². The Hall–Kier alpha value is -9.22. The van der Waals surface area contributed by atoms with E-state index in [9.17, 15) is 10.5 Å². The van der Waals surface area contributed by atoms with Gasteiger partial charge in [-0.3, -0.25) is 0 Å². The summed E-state index contributed by atoms with van der Waals surface area (Å²) in [6.07, 6.45) is 0. The van der Waals surface area contributed by atoms with Crippen molar-refractivity contribution in [2.45, 2.75) is 27.7 Å². The standard InChI is InChI=1S/C66H46N4/c1-41-8-16-47(17-9-41)51-24-28-56-57-29-25-52(48-18-10-42(2)11-19-48)36-61(57)69(60(56)35-51)64-33-46(40-68)34-65(66(64)55-7-5-6-45(32-55)39-67)70-62-37-53(49-20-12-43(3)13-21-49)26-30-58(62)59-31-27-54(38-63(59)70)50-22-14-44(4)15-23-50/h5-38H,1-4H3. The van der Waals surface area contributed by atoms with Crippen molar-refractivity contribution in [3.8, 4) is 79.1 Å². The topological polar surface area (TPSA) is 57.4 Å². The van der Waals surface area contributed by atoms with Crippen LogP contribution >= 0.6 is 0 Å². The summed E-state index contributed by atoms with van der Waals surface area (Å²) in [4.78, 5) is 0. The van der Waals surface area contributed by atoms with Gasteiger partial charge in [-0.05, 0) is 126 Å². The summed E-state index contributed by atoms with van der Waals surface area (Å²) in [6, 6.07) is 78.8. The summed E-state index contributed by atoms with van der Waals surface area (Å²) in [6.45, 7) is 8.46. The highest BCUT2D eigenvalue weighted by atomic mass is 15.0. The monoisotopic (exact) mass is 894 g/mol. The van der Waals surface area contributed by atoms with E-state index in [0.717, 1.165) is 111 Å². The van der Waals surface area contributed by atoms with Crippen molar-refractivity contribution < 1.29 is 0 Å². The lowest BCUT2D eigenvalue weighted by atomic mass is 9.96. The van der Waals surface area contributed by atoms with Crippen LogP contribution in [-0.2, 0) is 0 Å². The number of aromatic nitrogens is 2. The van der Waals surface area contributed by atoms with Crippen molar-refractivity contribution in [2.24, 2.45) is 0 Å². The molecule has 0 saturated heterocycles. The van der Waals surface area contributed by atoms with E-state index >= 15 is 0 Å². The van der Waals surface area contributed by atoms with Crippen LogP contribution < -0.4 is 0 Å². The molecule has 0 unspecified atom stereocenters. The van der Waals surface area contributed by atoms with Crippen LogP contribution in [0.25, 0.3) is 111 Å². The second kappa shape index (κ2) is 16.8. The first-order valence-corrected chi connectivity index (χ1v) is 23.8. The Labute approximate surface area is 407 Å². The summed E-state index contributed by atoms with van der Waals surface area (Å²) in [7, 11) is 0. The van der Waals surface area contributed by atoms with E-state index in [0.29, 0.717) is 11.1 Å². The highest BCUT2D eigenvalue weighted by molar-refractivity contribution is 6.14. The molecule has 0 aliphatic rings. The fraction of sp³-hybridized carbons (Fsp3) is 0.0606. The first-order chi connectivity index (χ1) is 34.2. The van der Waals surface area contributed by atoms with E-state index < -0.39 is 0 Å². The molecule has 2 aromatic heterocycles. The summed E-state index contributed by atoms with van der Waals surface area (Å²) >= 11 is 0. The molecule has 330 valence electrons. The molecular weight excluding hydrogens is 849 g/mol. The van der Waals surface area contributed by atoms with Crippen molar-refractivity contribution in [1.82, 2.24) is 9.13 Å². The van der Waals surface area contributed by atoms with Gasteiger partial charge in [0.05, 0.1) is 56.7 Å². The van der Waals surface area contributed by atoms with Crippen LogP contribution in [0.3, 0.4) is 0 Å². The number of nitriles is 2. The van der Waals surface area contributed by atoms with Crippen molar-refractivity contribution in [2.75, 3.05) is 0 Å². The molecular formula is C66H46N4. The predicted molar refractivity (Wildman–Crippen MR) is 291 cm³/mol. The van der Waals surface area contributed by atoms with Crippen LogP contribution in [0.15, 0.2) is 206 Å². The van der Waals surface area contributed by atoms with E-state index in [1.807, 2.05) is 30.3 Å². The third kappa shape index (κ3) is 7.23. The van der Waals surface area contributed by atoms with Gasteiger partial charge in [-0.15, -0.1) is 0 Å². The number of benzene rings is 10. The van der Waals surface area contributed by atoms with Gasteiger partial charge in [0, 0.05) is 27.1 Å². The molecule has 70 heavy (non-hydrogen) atoms. The van der Waals surface area contributed by atoms with Crippen LogP contribution in [0.2, 0.25) is 0 Å². The van der Waals surface area contributed by atoms with Gasteiger partial charge in [-0.1, -0.05) is 180 Å². The maximum atomic E-state index is 11.2. The molecule has 10 aromatic carbocycles. The van der Waals surface area contributed by atoms with E-state index in [-0.39, 0.29) is 0 Å². The Kier molecular flexibility index (Phi) is 10.1. The van der Waals surface area contributed by atoms with Gasteiger partial charge in [0.1, 0.15) is 0 Å². The van der Waals surface area contributed by atoms with Gasteiger partial charge in [0.2, 0.25) is 0 Å². The molecule has 12 rings (SSSR count).